The summed E-state index contributed by atoms with van der Waals surface area (Å²) in [5.74, 6) is 0.553. The van der Waals surface area contributed by atoms with Crippen molar-refractivity contribution in [3.63, 3.8) is 0 Å². The third kappa shape index (κ3) is 7.20. The van der Waals surface area contributed by atoms with E-state index in [1.165, 1.54) is 11.6 Å². The molecule has 0 N–H and O–H groups in total. The van der Waals surface area contributed by atoms with Crippen LogP contribution in [-0.2, 0) is 14.2 Å². The van der Waals surface area contributed by atoms with Crippen LogP contribution < -0.4 is 19.8 Å². The predicted molar refractivity (Wildman–Crippen MR) is 187 cm³/mol. The van der Waals surface area contributed by atoms with Crippen LogP contribution >= 0.6 is 0 Å². The van der Waals surface area contributed by atoms with Gasteiger partial charge < -0.3 is 37.3 Å². The summed E-state index contributed by atoms with van der Waals surface area (Å²) in [4.78, 5) is 11.6. The van der Waals surface area contributed by atoms with Crippen LogP contribution in [-0.4, -0.2) is 42.6 Å². The highest BCUT2D eigenvalue weighted by Gasteiger charge is 2.54. The molecule has 3 aliphatic heterocycles. The number of ether oxygens (including phenoxy) is 6. The number of rotatable bonds is 12. The van der Waals surface area contributed by atoms with E-state index >= 15 is 0 Å². The molecule has 0 radical (unpaired) electrons. The van der Waals surface area contributed by atoms with Gasteiger partial charge in [0.15, 0.2) is 0 Å². The maximum absolute atomic E-state index is 11.6. The highest BCUT2D eigenvalue weighted by molar-refractivity contribution is 5.91. The first-order valence-corrected chi connectivity index (χ1v) is 17.0. The molecule has 7 rings (SSSR count). The Morgan fingerprint density at radius 1 is 0.837 bits per heavy atom. The molecule has 0 amide bonds. The Hall–Kier alpha value is -4.31. The van der Waals surface area contributed by atoms with E-state index < -0.39 is 11.6 Å². The highest BCUT2D eigenvalue weighted by atomic mass is 16.9. The van der Waals surface area contributed by atoms with E-state index in [9.17, 15) is 4.79 Å². The van der Waals surface area contributed by atoms with Crippen LogP contribution in [0.1, 0.15) is 72.8 Å². The Labute approximate surface area is 286 Å². The molecule has 3 aliphatic rings. The SMILES string of the molecule is CC(=CCOc1c2c(cc3occc13)OC1(C=C2)OC(CCC(C)=CCOc2ccc3ccc(=O)oc3c2)C(C)(C)O1)CCC1OC1(C)C. The molecule has 2 saturated heterocycles. The summed E-state index contributed by atoms with van der Waals surface area (Å²) in [5, 5.41) is 1.73. The molecule has 0 aliphatic carbocycles. The van der Waals surface area contributed by atoms with Gasteiger partial charge in [-0.3, -0.25) is 0 Å². The van der Waals surface area contributed by atoms with Crippen molar-refractivity contribution in [2.75, 3.05) is 13.2 Å². The molecule has 9 heteroatoms. The van der Waals surface area contributed by atoms with Gasteiger partial charge in [-0.2, -0.15) is 0 Å². The molecule has 3 unspecified atom stereocenters. The standard InChI is InChI=1S/C40H44O9/c1-25(16-20-42-28-11-9-27-10-14-36(41)45-31(27)23-28)8-13-35-39(5,6)49-40(48-35)19-15-29-33(46-40)24-32-30(18-22-43-32)37(29)44-21-17-26(2)7-12-34-38(3,4)47-34/h9-11,14-19,22-24,34-35H,7-8,12-13,20-21H2,1-6H3. The average Bonchev–Trinajstić information content (AvgIpc) is 3.31. The number of hydrogen-bond donors (Lipinski definition) is 0. The Morgan fingerprint density at radius 3 is 2.27 bits per heavy atom. The van der Waals surface area contributed by atoms with Gasteiger partial charge in [-0.1, -0.05) is 11.1 Å². The molecule has 258 valence electrons. The molecule has 2 aromatic heterocycles. The van der Waals surface area contributed by atoms with E-state index in [0.29, 0.717) is 47.7 Å². The fraction of sp³-hybridized carbons (Fsp3) is 0.425. The lowest BCUT2D eigenvalue weighted by atomic mass is 9.96. The Balaban J connectivity index is 0.974. The smallest absolute Gasteiger partial charge is 0.350 e. The second kappa shape index (κ2) is 12.9. The highest BCUT2D eigenvalue weighted by Crippen LogP contribution is 2.48. The fourth-order valence-electron chi connectivity index (χ4n) is 6.50. The zero-order valence-electron chi connectivity index (χ0n) is 29.0. The lowest BCUT2D eigenvalue weighted by molar-refractivity contribution is -0.270. The van der Waals surface area contributed by atoms with Crippen molar-refractivity contribution in [1.29, 1.82) is 0 Å². The van der Waals surface area contributed by atoms with E-state index in [2.05, 4.69) is 33.8 Å². The second-order valence-corrected chi connectivity index (χ2v) is 14.3. The minimum atomic E-state index is -1.36. The first-order chi connectivity index (χ1) is 23.4. The Bertz CT molecular complexity index is 2010. The summed E-state index contributed by atoms with van der Waals surface area (Å²) in [5.41, 5.74) is 3.43. The zero-order valence-corrected chi connectivity index (χ0v) is 29.0. The molecule has 5 heterocycles. The van der Waals surface area contributed by atoms with Crippen LogP contribution in [0.5, 0.6) is 17.2 Å². The van der Waals surface area contributed by atoms with E-state index in [0.717, 1.165) is 47.6 Å². The maximum atomic E-state index is 11.6. The van der Waals surface area contributed by atoms with E-state index in [1.54, 1.807) is 18.4 Å². The molecule has 0 bridgehead atoms. The molecule has 9 nitrogen and oxygen atoms in total. The van der Waals surface area contributed by atoms with Crippen molar-refractivity contribution in [3.8, 4) is 17.2 Å². The third-order valence-corrected chi connectivity index (χ3v) is 9.61. The van der Waals surface area contributed by atoms with Crippen molar-refractivity contribution in [1.82, 2.24) is 0 Å². The number of furan rings is 1. The van der Waals surface area contributed by atoms with E-state index in [-0.39, 0.29) is 17.3 Å². The van der Waals surface area contributed by atoms with Gasteiger partial charge in [0, 0.05) is 29.7 Å². The number of benzene rings is 2. The maximum Gasteiger partial charge on any atom is 0.350 e. The quantitative estimate of drug-likeness (QED) is 0.0832. The summed E-state index contributed by atoms with van der Waals surface area (Å²) in [6, 6.07) is 12.4. The van der Waals surface area contributed by atoms with Crippen LogP contribution in [0, 0.1) is 0 Å². The summed E-state index contributed by atoms with van der Waals surface area (Å²) in [6.45, 7) is 13.3. The summed E-state index contributed by atoms with van der Waals surface area (Å²) < 4.78 is 48.5. The molecule has 2 fully saturated rings. The summed E-state index contributed by atoms with van der Waals surface area (Å²) >= 11 is 0. The molecule has 49 heavy (non-hydrogen) atoms. The number of fused-ring (bicyclic) bond motifs is 3. The zero-order chi connectivity index (χ0) is 34.4. The fourth-order valence-corrected chi connectivity index (χ4v) is 6.50. The number of epoxide rings is 1. The lowest BCUT2D eigenvalue weighted by Crippen LogP contribution is -2.38. The average molecular weight is 669 g/mol. The normalized spacial score (nSPS) is 24.0. The molecule has 2 aromatic carbocycles. The van der Waals surface area contributed by atoms with Gasteiger partial charge in [0.1, 0.15) is 41.6 Å². The molecule has 1 spiro atoms. The van der Waals surface area contributed by atoms with Crippen LogP contribution in [0.25, 0.3) is 28.0 Å². The predicted octanol–water partition coefficient (Wildman–Crippen LogP) is 8.88. The van der Waals surface area contributed by atoms with Crippen LogP contribution in [0.3, 0.4) is 0 Å². The van der Waals surface area contributed by atoms with Gasteiger partial charge in [-0.25, -0.2) is 4.79 Å². The van der Waals surface area contributed by atoms with Crippen molar-refractivity contribution in [2.45, 2.75) is 96.6 Å². The minimum Gasteiger partial charge on any atom is -0.489 e. The Morgan fingerprint density at radius 2 is 1.53 bits per heavy atom. The minimum absolute atomic E-state index is 0.00721. The van der Waals surface area contributed by atoms with Crippen molar-refractivity contribution in [2.24, 2.45) is 0 Å². The molecule has 0 saturated carbocycles. The topological polar surface area (TPSA) is 102 Å². The van der Waals surface area contributed by atoms with E-state index in [1.807, 2.05) is 56.3 Å². The van der Waals surface area contributed by atoms with Gasteiger partial charge in [0.05, 0.1) is 40.6 Å². The first kappa shape index (κ1) is 33.2. The Kier molecular flexibility index (Phi) is 8.71. The van der Waals surface area contributed by atoms with Gasteiger partial charge in [0.2, 0.25) is 0 Å². The van der Waals surface area contributed by atoms with Crippen molar-refractivity contribution in [3.05, 3.63) is 94.1 Å². The molecular formula is C40H44O9. The third-order valence-electron chi connectivity index (χ3n) is 9.61. The number of allylic oxidation sites excluding steroid dienone is 2. The molecular weight excluding hydrogens is 624 g/mol. The largest absolute Gasteiger partial charge is 0.489 e. The van der Waals surface area contributed by atoms with Gasteiger partial charge in [-0.15, -0.1) is 0 Å². The van der Waals surface area contributed by atoms with Crippen molar-refractivity contribution >= 4 is 28.0 Å². The van der Waals surface area contributed by atoms with Crippen LogP contribution in [0.15, 0.2) is 91.7 Å². The summed E-state index contributed by atoms with van der Waals surface area (Å²) in [7, 11) is 0. The molecule has 4 aromatic rings. The molecule has 3 atom stereocenters. The van der Waals surface area contributed by atoms with Gasteiger partial charge >= 0.3 is 11.6 Å². The van der Waals surface area contributed by atoms with Gasteiger partial charge in [0.25, 0.3) is 0 Å². The van der Waals surface area contributed by atoms with Crippen LogP contribution in [0.4, 0.5) is 0 Å². The second-order valence-electron chi connectivity index (χ2n) is 14.3. The first-order valence-electron chi connectivity index (χ1n) is 17.0. The van der Waals surface area contributed by atoms with Crippen molar-refractivity contribution < 1.29 is 37.3 Å². The summed E-state index contributed by atoms with van der Waals surface area (Å²) in [6.07, 6.45) is 13.2. The lowest BCUT2D eigenvalue weighted by Gasteiger charge is -2.30. The van der Waals surface area contributed by atoms with Crippen LogP contribution in [0.2, 0.25) is 0 Å². The van der Waals surface area contributed by atoms with Gasteiger partial charge in [-0.05, 0) is 110 Å². The monoisotopic (exact) mass is 668 g/mol. The van der Waals surface area contributed by atoms with E-state index in [4.69, 9.17) is 37.3 Å². The number of hydrogen-bond acceptors (Lipinski definition) is 9.